The standard InChI is InChI=1S/C23H28N4O3.HI/c1-16(2)21-14-18(30-27-21)15-25-23(24-11-9-17-6-5-12-28-17)26-20-10-13-29-22-8-4-3-7-19(20)22;/h3-8,12,14,16,20H,9-11,13,15H2,1-2H3,(H2,24,25,26);1H. The van der Waals surface area contributed by atoms with Crippen LogP contribution < -0.4 is 15.4 Å². The largest absolute Gasteiger partial charge is 0.493 e. The fourth-order valence-corrected chi connectivity index (χ4v) is 3.40. The van der Waals surface area contributed by atoms with Crippen molar-refractivity contribution in [3.05, 3.63) is 71.5 Å². The number of aliphatic imine (C=N–C) groups is 1. The molecule has 0 fully saturated rings. The average molecular weight is 536 g/mol. The van der Waals surface area contributed by atoms with Gasteiger partial charge in [0.1, 0.15) is 18.1 Å². The molecule has 1 aromatic carbocycles. The van der Waals surface area contributed by atoms with Crippen molar-refractivity contribution in [2.75, 3.05) is 13.2 Å². The third-order valence-corrected chi connectivity index (χ3v) is 5.08. The van der Waals surface area contributed by atoms with Crippen LogP contribution in [-0.4, -0.2) is 24.3 Å². The highest BCUT2D eigenvalue weighted by molar-refractivity contribution is 14.0. The van der Waals surface area contributed by atoms with E-state index in [4.69, 9.17) is 18.7 Å². The maximum Gasteiger partial charge on any atom is 0.192 e. The molecule has 1 aliphatic heterocycles. The number of fused-ring (bicyclic) bond motifs is 1. The molecule has 0 amide bonds. The highest BCUT2D eigenvalue weighted by Crippen LogP contribution is 2.31. The van der Waals surface area contributed by atoms with Gasteiger partial charge in [-0.1, -0.05) is 37.2 Å². The zero-order valence-electron chi connectivity index (χ0n) is 17.8. The average Bonchev–Trinajstić information content (AvgIpc) is 3.44. The van der Waals surface area contributed by atoms with Crippen LogP contribution in [-0.2, 0) is 13.0 Å². The monoisotopic (exact) mass is 536 g/mol. The Bertz CT molecular complexity index is 969. The lowest BCUT2D eigenvalue weighted by Crippen LogP contribution is -2.41. The topological polar surface area (TPSA) is 84.8 Å². The van der Waals surface area contributed by atoms with Crippen LogP contribution in [0.3, 0.4) is 0 Å². The highest BCUT2D eigenvalue weighted by atomic mass is 127. The first kappa shape index (κ1) is 23.2. The van der Waals surface area contributed by atoms with E-state index in [2.05, 4.69) is 35.7 Å². The smallest absolute Gasteiger partial charge is 0.192 e. The van der Waals surface area contributed by atoms with Gasteiger partial charge >= 0.3 is 0 Å². The second-order valence-electron chi connectivity index (χ2n) is 7.67. The number of benzene rings is 1. The summed E-state index contributed by atoms with van der Waals surface area (Å²) in [6, 6.07) is 14.1. The number of hydrogen-bond acceptors (Lipinski definition) is 5. The molecule has 0 saturated heterocycles. The minimum absolute atomic E-state index is 0. The molecule has 2 aromatic heterocycles. The predicted molar refractivity (Wildman–Crippen MR) is 130 cm³/mol. The Kier molecular flexibility index (Phi) is 8.39. The van der Waals surface area contributed by atoms with Crippen LogP contribution in [0.4, 0.5) is 0 Å². The van der Waals surface area contributed by atoms with Gasteiger partial charge in [0.2, 0.25) is 0 Å². The fourth-order valence-electron chi connectivity index (χ4n) is 3.40. The van der Waals surface area contributed by atoms with Gasteiger partial charge in [0.15, 0.2) is 11.7 Å². The van der Waals surface area contributed by atoms with Crippen LogP contribution in [0.1, 0.15) is 55.0 Å². The molecule has 3 heterocycles. The number of aromatic nitrogens is 1. The zero-order chi connectivity index (χ0) is 20.8. The third-order valence-electron chi connectivity index (χ3n) is 5.08. The van der Waals surface area contributed by atoms with Crippen LogP contribution >= 0.6 is 24.0 Å². The fraction of sp³-hybridized carbons (Fsp3) is 0.391. The van der Waals surface area contributed by atoms with E-state index in [0.717, 1.165) is 47.3 Å². The SMILES string of the molecule is CC(C)c1cc(CN=C(NCCc2ccco2)NC2CCOc3ccccc32)on1.I. The Morgan fingerprint density at radius 1 is 1.19 bits per heavy atom. The van der Waals surface area contributed by atoms with E-state index in [9.17, 15) is 0 Å². The maximum atomic E-state index is 5.78. The molecule has 1 unspecified atom stereocenters. The van der Waals surface area contributed by atoms with E-state index in [1.54, 1.807) is 6.26 Å². The van der Waals surface area contributed by atoms with E-state index in [1.165, 1.54) is 0 Å². The molecule has 166 valence electrons. The Balaban J connectivity index is 0.00000272. The minimum Gasteiger partial charge on any atom is -0.493 e. The number of ether oxygens (including phenoxy) is 1. The summed E-state index contributed by atoms with van der Waals surface area (Å²) in [5.41, 5.74) is 2.09. The Hall–Kier alpha value is -2.49. The molecule has 4 rings (SSSR count). The third kappa shape index (κ3) is 6.25. The van der Waals surface area contributed by atoms with Crippen molar-refractivity contribution in [2.45, 2.75) is 45.2 Å². The van der Waals surface area contributed by atoms with Crippen molar-refractivity contribution in [3.8, 4) is 5.75 Å². The van der Waals surface area contributed by atoms with Gasteiger partial charge in [-0.05, 0) is 24.1 Å². The molecule has 0 aliphatic carbocycles. The van der Waals surface area contributed by atoms with Gasteiger partial charge in [-0.2, -0.15) is 0 Å². The number of para-hydroxylation sites is 1. The lowest BCUT2D eigenvalue weighted by Gasteiger charge is -2.28. The summed E-state index contributed by atoms with van der Waals surface area (Å²) in [7, 11) is 0. The highest BCUT2D eigenvalue weighted by Gasteiger charge is 2.22. The molecule has 7 nitrogen and oxygen atoms in total. The first-order chi connectivity index (χ1) is 14.7. The molecule has 3 aromatic rings. The summed E-state index contributed by atoms with van der Waals surface area (Å²) >= 11 is 0. The number of hydrogen-bond donors (Lipinski definition) is 2. The molecule has 8 heteroatoms. The van der Waals surface area contributed by atoms with E-state index >= 15 is 0 Å². The summed E-state index contributed by atoms with van der Waals surface area (Å²) in [6.07, 6.45) is 3.34. The molecule has 0 bridgehead atoms. The number of halogens is 1. The second kappa shape index (κ2) is 11.2. The molecule has 2 N–H and O–H groups in total. The molecule has 0 spiro atoms. The molecular formula is C23H29IN4O3. The van der Waals surface area contributed by atoms with Crippen molar-refractivity contribution < 1.29 is 13.7 Å². The van der Waals surface area contributed by atoms with Crippen molar-refractivity contribution in [1.29, 1.82) is 0 Å². The first-order valence-electron chi connectivity index (χ1n) is 10.4. The molecule has 31 heavy (non-hydrogen) atoms. The molecule has 0 radical (unpaired) electrons. The first-order valence-corrected chi connectivity index (χ1v) is 10.4. The molecule has 1 atom stereocenters. The quantitative estimate of drug-likeness (QED) is 0.256. The number of nitrogens with zero attached hydrogens (tertiary/aromatic N) is 2. The van der Waals surface area contributed by atoms with E-state index in [0.29, 0.717) is 25.6 Å². The van der Waals surface area contributed by atoms with Crippen molar-refractivity contribution in [3.63, 3.8) is 0 Å². The van der Waals surface area contributed by atoms with Gasteiger partial charge in [0.05, 0.1) is 24.6 Å². The maximum absolute atomic E-state index is 5.78. The Morgan fingerprint density at radius 2 is 2.06 bits per heavy atom. The van der Waals surface area contributed by atoms with Crippen molar-refractivity contribution >= 4 is 29.9 Å². The summed E-state index contributed by atoms with van der Waals surface area (Å²) in [5, 5.41) is 11.1. The lowest BCUT2D eigenvalue weighted by atomic mass is 10.0. The lowest BCUT2D eigenvalue weighted by molar-refractivity contribution is 0.261. The van der Waals surface area contributed by atoms with Crippen molar-refractivity contribution in [1.82, 2.24) is 15.8 Å². The van der Waals surface area contributed by atoms with Gasteiger partial charge < -0.3 is 24.3 Å². The van der Waals surface area contributed by atoms with E-state index in [-0.39, 0.29) is 30.0 Å². The minimum atomic E-state index is 0. The number of rotatable bonds is 7. The predicted octanol–water partition coefficient (Wildman–Crippen LogP) is 4.81. The van der Waals surface area contributed by atoms with Crippen molar-refractivity contribution in [2.24, 2.45) is 4.99 Å². The number of nitrogens with one attached hydrogen (secondary N) is 2. The molecular weight excluding hydrogens is 507 g/mol. The van der Waals surface area contributed by atoms with Gasteiger partial charge in [-0.15, -0.1) is 24.0 Å². The number of furan rings is 1. The van der Waals surface area contributed by atoms with Crippen LogP contribution in [0.2, 0.25) is 0 Å². The van der Waals surface area contributed by atoms with Gasteiger partial charge in [0.25, 0.3) is 0 Å². The molecule has 0 saturated carbocycles. The van der Waals surface area contributed by atoms with Gasteiger partial charge in [-0.3, -0.25) is 0 Å². The second-order valence-corrected chi connectivity index (χ2v) is 7.67. The Labute approximate surface area is 199 Å². The van der Waals surface area contributed by atoms with Gasteiger partial charge in [0, 0.05) is 31.0 Å². The Morgan fingerprint density at radius 3 is 2.84 bits per heavy atom. The van der Waals surface area contributed by atoms with E-state index in [1.807, 2.05) is 36.4 Å². The van der Waals surface area contributed by atoms with E-state index < -0.39 is 0 Å². The number of guanidine groups is 1. The summed E-state index contributed by atoms with van der Waals surface area (Å²) in [4.78, 5) is 4.74. The van der Waals surface area contributed by atoms with Crippen LogP contribution in [0.25, 0.3) is 0 Å². The summed E-state index contributed by atoms with van der Waals surface area (Å²) < 4.78 is 16.6. The zero-order valence-corrected chi connectivity index (χ0v) is 20.2. The van der Waals surface area contributed by atoms with Crippen LogP contribution in [0.15, 0.2) is 62.7 Å². The van der Waals surface area contributed by atoms with Crippen LogP contribution in [0, 0.1) is 0 Å². The summed E-state index contributed by atoms with van der Waals surface area (Å²) in [5.74, 6) is 3.67. The summed E-state index contributed by atoms with van der Waals surface area (Å²) in [6.45, 7) is 5.99. The normalized spacial score (nSPS) is 15.7. The molecule has 1 aliphatic rings. The van der Waals surface area contributed by atoms with Gasteiger partial charge in [-0.25, -0.2) is 4.99 Å². The van der Waals surface area contributed by atoms with Crippen LogP contribution in [0.5, 0.6) is 5.75 Å².